The summed E-state index contributed by atoms with van der Waals surface area (Å²) in [6.45, 7) is 12.0. The standard InChI is InChI=1S/C26H32N4O2S/c1-5-28(6-2)12-13-29(26-27-24-19(4)14-18(3)15-22(24)33-26)25(32)20-16-23(31)30(17-20)21-10-8-7-9-11-21/h7-11,14-15,20H,5-6,12-13,16-17H2,1-4H3. The minimum atomic E-state index is -0.371. The highest BCUT2D eigenvalue weighted by atomic mass is 32.1. The minimum Gasteiger partial charge on any atom is -0.312 e. The molecule has 1 aliphatic rings. The highest BCUT2D eigenvalue weighted by Gasteiger charge is 2.38. The lowest BCUT2D eigenvalue weighted by atomic mass is 10.1. The summed E-state index contributed by atoms with van der Waals surface area (Å²) in [6, 6.07) is 13.9. The number of hydrogen-bond donors (Lipinski definition) is 0. The van der Waals surface area contributed by atoms with Crippen LogP contribution < -0.4 is 9.80 Å². The van der Waals surface area contributed by atoms with Crippen molar-refractivity contribution in [3.63, 3.8) is 0 Å². The maximum Gasteiger partial charge on any atom is 0.234 e. The van der Waals surface area contributed by atoms with Gasteiger partial charge >= 0.3 is 0 Å². The number of nitrogens with zero attached hydrogens (tertiary/aromatic N) is 4. The fraction of sp³-hybridized carbons (Fsp3) is 0.423. The minimum absolute atomic E-state index is 0.000915. The van der Waals surface area contributed by atoms with Gasteiger partial charge in [-0.15, -0.1) is 0 Å². The van der Waals surface area contributed by atoms with Crippen molar-refractivity contribution in [3.05, 3.63) is 53.6 Å². The second-order valence-electron chi connectivity index (χ2n) is 8.68. The predicted octanol–water partition coefficient (Wildman–Crippen LogP) is 4.64. The number of amides is 2. The van der Waals surface area contributed by atoms with Gasteiger partial charge in [0.15, 0.2) is 5.13 Å². The molecule has 1 unspecified atom stereocenters. The van der Waals surface area contributed by atoms with E-state index in [1.807, 2.05) is 35.2 Å². The monoisotopic (exact) mass is 464 g/mol. The Morgan fingerprint density at radius 1 is 1.12 bits per heavy atom. The Balaban J connectivity index is 1.63. The lowest BCUT2D eigenvalue weighted by Gasteiger charge is -2.26. The van der Waals surface area contributed by atoms with Crippen LogP contribution in [0.2, 0.25) is 0 Å². The third-order valence-electron chi connectivity index (χ3n) is 6.39. The molecule has 2 amide bonds. The molecule has 0 N–H and O–H groups in total. The number of fused-ring (bicyclic) bond motifs is 1. The molecule has 33 heavy (non-hydrogen) atoms. The SMILES string of the molecule is CCN(CC)CCN(C(=O)C1CC(=O)N(c2ccccc2)C1)c1nc2c(C)cc(C)cc2s1. The molecule has 3 aromatic rings. The van der Waals surface area contributed by atoms with E-state index in [-0.39, 0.29) is 24.2 Å². The zero-order chi connectivity index (χ0) is 23.5. The van der Waals surface area contributed by atoms with E-state index >= 15 is 0 Å². The van der Waals surface area contributed by atoms with Crippen molar-refractivity contribution in [3.8, 4) is 0 Å². The van der Waals surface area contributed by atoms with E-state index in [1.54, 1.807) is 16.2 Å². The molecule has 4 rings (SSSR count). The van der Waals surface area contributed by atoms with Crippen LogP contribution in [0.4, 0.5) is 10.8 Å². The van der Waals surface area contributed by atoms with Crippen molar-refractivity contribution in [1.29, 1.82) is 0 Å². The number of benzene rings is 2. The summed E-state index contributed by atoms with van der Waals surface area (Å²) in [5.41, 5.74) is 4.11. The summed E-state index contributed by atoms with van der Waals surface area (Å²) < 4.78 is 1.09. The molecular formula is C26H32N4O2S. The molecule has 6 nitrogen and oxygen atoms in total. The Morgan fingerprint density at radius 3 is 2.55 bits per heavy atom. The van der Waals surface area contributed by atoms with E-state index in [2.05, 4.69) is 44.7 Å². The van der Waals surface area contributed by atoms with Gasteiger partial charge in [-0.25, -0.2) is 4.98 Å². The van der Waals surface area contributed by atoms with E-state index in [9.17, 15) is 9.59 Å². The molecule has 0 aliphatic carbocycles. The fourth-order valence-corrected chi connectivity index (χ4v) is 5.68. The van der Waals surface area contributed by atoms with Crippen LogP contribution in [0.1, 0.15) is 31.4 Å². The first-order chi connectivity index (χ1) is 15.9. The van der Waals surface area contributed by atoms with Crippen LogP contribution >= 0.6 is 11.3 Å². The highest BCUT2D eigenvalue weighted by Crippen LogP contribution is 2.34. The van der Waals surface area contributed by atoms with Gasteiger partial charge in [-0.3, -0.25) is 14.5 Å². The molecule has 174 valence electrons. The van der Waals surface area contributed by atoms with Gasteiger partial charge in [-0.1, -0.05) is 49.4 Å². The van der Waals surface area contributed by atoms with E-state index in [0.717, 1.165) is 46.2 Å². The van der Waals surface area contributed by atoms with Crippen LogP contribution in [0.25, 0.3) is 10.2 Å². The molecule has 1 atom stereocenters. The van der Waals surface area contributed by atoms with Gasteiger partial charge in [-0.2, -0.15) is 0 Å². The van der Waals surface area contributed by atoms with Crippen LogP contribution in [0.5, 0.6) is 0 Å². The van der Waals surface area contributed by atoms with Crippen LogP contribution in [0, 0.1) is 19.8 Å². The van der Waals surface area contributed by atoms with Crippen molar-refractivity contribution < 1.29 is 9.59 Å². The first-order valence-electron chi connectivity index (χ1n) is 11.7. The number of likely N-dealkylation sites (N-methyl/N-ethyl adjacent to an activating group) is 1. The lowest BCUT2D eigenvalue weighted by molar-refractivity contribution is -0.124. The second-order valence-corrected chi connectivity index (χ2v) is 9.69. The number of hydrogen-bond acceptors (Lipinski definition) is 5. The van der Waals surface area contributed by atoms with Crippen LogP contribution in [-0.4, -0.2) is 54.4 Å². The maximum atomic E-state index is 13.8. The molecule has 0 radical (unpaired) electrons. The van der Waals surface area contributed by atoms with E-state index < -0.39 is 0 Å². The van der Waals surface area contributed by atoms with Crippen molar-refractivity contribution in [2.24, 2.45) is 5.92 Å². The summed E-state index contributed by atoms with van der Waals surface area (Å²) in [5.74, 6) is -0.384. The number of thiazole rings is 1. The topological polar surface area (TPSA) is 56.8 Å². The number of aryl methyl sites for hydroxylation is 2. The van der Waals surface area contributed by atoms with Gasteiger partial charge in [-0.05, 0) is 56.3 Å². The lowest BCUT2D eigenvalue weighted by Crippen LogP contribution is -2.42. The molecule has 2 heterocycles. The summed E-state index contributed by atoms with van der Waals surface area (Å²) in [6.07, 6.45) is 0.235. The van der Waals surface area contributed by atoms with Gasteiger partial charge < -0.3 is 9.80 Å². The first-order valence-corrected chi connectivity index (χ1v) is 12.5. The Bertz CT molecular complexity index is 1140. The third-order valence-corrected chi connectivity index (χ3v) is 7.42. The van der Waals surface area contributed by atoms with Crippen molar-refractivity contribution in [2.75, 3.05) is 42.5 Å². The predicted molar refractivity (Wildman–Crippen MR) is 136 cm³/mol. The molecule has 2 aromatic carbocycles. The molecule has 1 aromatic heterocycles. The average molecular weight is 465 g/mol. The first kappa shape index (κ1) is 23.4. The van der Waals surface area contributed by atoms with Crippen LogP contribution in [0.15, 0.2) is 42.5 Å². The number of anilines is 2. The average Bonchev–Trinajstić information content (AvgIpc) is 3.41. The molecule has 0 spiro atoms. The van der Waals surface area contributed by atoms with Crippen LogP contribution in [-0.2, 0) is 9.59 Å². The smallest absolute Gasteiger partial charge is 0.234 e. The maximum absolute atomic E-state index is 13.8. The molecule has 1 aliphatic heterocycles. The molecule has 1 fully saturated rings. The Hall–Kier alpha value is -2.77. The highest BCUT2D eigenvalue weighted by molar-refractivity contribution is 7.22. The van der Waals surface area contributed by atoms with Crippen LogP contribution in [0.3, 0.4) is 0 Å². The number of rotatable bonds is 8. The summed E-state index contributed by atoms with van der Waals surface area (Å²) in [5, 5.41) is 0.724. The van der Waals surface area contributed by atoms with E-state index in [1.165, 1.54) is 5.56 Å². The van der Waals surface area contributed by atoms with E-state index in [0.29, 0.717) is 13.1 Å². The molecule has 1 saturated heterocycles. The largest absolute Gasteiger partial charge is 0.312 e. The van der Waals surface area contributed by atoms with Crippen molar-refractivity contribution >= 4 is 44.2 Å². The van der Waals surface area contributed by atoms with Gasteiger partial charge in [0.1, 0.15) is 0 Å². The quantitative estimate of drug-likeness (QED) is 0.487. The second kappa shape index (κ2) is 10.0. The number of carbonyl (C=O) groups is 2. The van der Waals surface area contributed by atoms with Gasteiger partial charge in [0.2, 0.25) is 11.8 Å². The number of aromatic nitrogens is 1. The molecular weight excluding hydrogens is 432 g/mol. The molecule has 0 saturated carbocycles. The Labute approximate surface area is 199 Å². The normalized spacial score (nSPS) is 16.2. The Kier molecular flexibility index (Phi) is 7.10. The number of para-hydroxylation sites is 1. The molecule has 7 heteroatoms. The van der Waals surface area contributed by atoms with Gasteiger partial charge in [0, 0.05) is 31.7 Å². The summed E-state index contributed by atoms with van der Waals surface area (Å²) in [7, 11) is 0. The fourth-order valence-electron chi connectivity index (χ4n) is 4.51. The van der Waals surface area contributed by atoms with E-state index in [4.69, 9.17) is 4.98 Å². The zero-order valence-electron chi connectivity index (χ0n) is 19.9. The van der Waals surface area contributed by atoms with Gasteiger partial charge in [0.05, 0.1) is 16.1 Å². The third kappa shape index (κ3) is 4.94. The van der Waals surface area contributed by atoms with Crippen molar-refractivity contribution in [1.82, 2.24) is 9.88 Å². The Morgan fingerprint density at radius 2 is 1.85 bits per heavy atom. The molecule has 0 bridgehead atoms. The zero-order valence-corrected chi connectivity index (χ0v) is 20.7. The number of carbonyl (C=O) groups excluding carboxylic acids is 2. The van der Waals surface area contributed by atoms with Crippen molar-refractivity contribution in [2.45, 2.75) is 34.1 Å². The summed E-state index contributed by atoms with van der Waals surface area (Å²) in [4.78, 5) is 37.3. The van der Waals surface area contributed by atoms with Gasteiger partial charge in [0.25, 0.3) is 0 Å². The summed E-state index contributed by atoms with van der Waals surface area (Å²) >= 11 is 1.56.